The zero-order valence-corrected chi connectivity index (χ0v) is 52.8. The fourth-order valence-electron chi connectivity index (χ4n) is 16.4. The number of β-amino-alcohol motifs (C(OH)–C–C–N with tert-alkyl or cyclic N) is 1. The first-order valence-electron chi connectivity index (χ1n) is 32.0. The van der Waals surface area contributed by atoms with Gasteiger partial charge in [-0.15, -0.1) is 11.3 Å². The number of alkyl halides is 4. The second-order valence-corrected chi connectivity index (χ2v) is 28.4. The van der Waals surface area contributed by atoms with Crippen LogP contribution >= 0.6 is 11.3 Å². The number of carbonyl (C=O) groups is 4. The number of hydrogen-bond donors (Lipinski definition) is 5. The molecule has 12 rings (SSSR count). The second-order valence-electron chi connectivity index (χ2n) is 27.6. The normalized spacial score (nSPS) is 27.2. The fourth-order valence-corrected chi connectivity index (χ4v) is 17.2. The Hall–Kier alpha value is -6.50. The van der Waals surface area contributed by atoms with Gasteiger partial charge in [0, 0.05) is 56.4 Å². The number of rotatable bonds is 19. The summed E-state index contributed by atoms with van der Waals surface area (Å²) in [6.45, 7) is 14.2. The molecule has 2 saturated carbocycles. The Morgan fingerprint density at radius 3 is 2.43 bits per heavy atom. The number of nitrogen functional groups attached to an aromatic ring is 1. The molecule has 4 unspecified atom stereocenters. The van der Waals surface area contributed by atoms with Gasteiger partial charge in [-0.3, -0.25) is 24.1 Å². The van der Waals surface area contributed by atoms with Gasteiger partial charge >= 0.3 is 12.2 Å². The van der Waals surface area contributed by atoms with Crippen molar-refractivity contribution in [2.75, 3.05) is 50.0 Å². The second kappa shape index (κ2) is 24.5. The number of hydrogen-bond acceptors (Lipinski definition) is 15. The number of nitrogens with zero attached hydrogens (tertiary/aromatic N) is 7. The van der Waals surface area contributed by atoms with Crippen molar-refractivity contribution in [3.8, 4) is 27.7 Å². The van der Waals surface area contributed by atoms with Crippen molar-refractivity contribution in [2.45, 2.75) is 180 Å². The molecular formula is C66H81F6N11O6S. The average Bonchev–Trinajstić information content (AvgIpc) is 1.50. The van der Waals surface area contributed by atoms with Crippen LogP contribution in [0.5, 0.6) is 6.01 Å². The third-order valence-corrected chi connectivity index (χ3v) is 21.8. The molecule has 2 aliphatic carbocycles. The molecule has 6 fully saturated rings. The number of ether oxygens (including phenoxy) is 1. The molecule has 0 spiro atoms. The number of ketones is 1. The van der Waals surface area contributed by atoms with Gasteiger partial charge in [-0.25, -0.2) is 23.1 Å². The molecule has 0 radical (unpaired) electrons. The zero-order valence-electron chi connectivity index (χ0n) is 52.0. The lowest BCUT2D eigenvalue weighted by Gasteiger charge is -2.44. The number of nitrogens with one attached hydrogen (secondary N) is 3. The molecule has 5 aromatic rings. The van der Waals surface area contributed by atoms with Crippen LogP contribution in [0.4, 0.5) is 37.8 Å². The molecule has 484 valence electrons. The van der Waals surface area contributed by atoms with Crippen LogP contribution in [0.25, 0.3) is 32.6 Å². The summed E-state index contributed by atoms with van der Waals surface area (Å²) in [6.07, 6.45) is -1.52. The van der Waals surface area contributed by atoms with Crippen molar-refractivity contribution in [3.05, 3.63) is 75.6 Å². The van der Waals surface area contributed by atoms with Crippen molar-refractivity contribution in [2.24, 2.45) is 35.0 Å². The largest absolute Gasteiger partial charge is 0.461 e. The molecule has 5 aliphatic heterocycles. The van der Waals surface area contributed by atoms with Crippen LogP contribution < -0.4 is 31.3 Å². The molecule has 17 nitrogen and oxygen atoms in total. The summed E-state index contributed by atoms with van der Waals surface area (Å²) in [6, 6.07) is 5.59. The number of nitrogens with two attached hydrogens (primary N) is 1. The third kappa shape index (κ3) is 11.8. The first kappa shape index (κ1) is 63.6. The van der Waals surface area contributed by atoms with Gasteiger partial charge < -0.3 is 41.3 Å². The number of benzene rings is 2. The smallest absolute Gasteiger partial charge is 0.417 e. The summed E-state index contributed by atoms with van der Waals surface area (Å²) in [5.41, 5.74) is 5.05. The van der Waals surface area contributed by atoms with Crippen LogP contribution in [0.2, 0.25) is 0 Å². The molecule has 6 N–H and O–H groups in total. The highest BCUT2D eigenvalue weighted by molar-refractivity contribution is 7.13. The Kier molecular flexibility index (Phi) is 17.3. The van der Waals surface area contributed by atoms with Gasteiger partial charge in [0.2, 0.25) is 17.7 Å². The predicted octanol–water partition coefficient (Wildman–Crippen LogP) is 9.77. The van der Waals surface area contributed by atoms with Crippen molar-refractivity contribution < 1.29 is 55.4 Å². The summed E-state index contributed by atoms with van der Waals surface area (Å²) in [4.78, 5) is 81.8. The number of aryl methyl sites for hydroxylation is 2. The Balaban J connectivity index is 0.693. The topological polar surface area (TPSA) is 221 Å². The molecule has 90 heavy (non-hydrogen) atoms. The minimum absolute atomic E-state index is 0.0184. The van der Waals surface area contributed by atoms with E-state index in [1.807, 2.05) is 65.8 Å². The van der Waals surface area contributed by atoms with E-state index in [-0.39, 0.29) is 121 Å². The fraction of sp³-hybridized carbons (Fsp3) is 0.606. The van der Waals surface area contributed by atoms with E-state index in [4.69, 9.17) is 15.5 Å². The standard InChI is InChI=1S/C66H81F6N11O6S/c1-8-44(74-21-10-9-15-48(85)78-59(64(5,6)7)62(88)83-28-38(84)23-47(83)61(87)76-33(3)35-16-18-36(19-17-35)58-34(4)75-31-90-58)57(86)40-24-39-46-14-11-13-45-51-56(54(69)55(77-45)41-25-43(73)53(68)32(2)52(41)66(70,71)72)79-63(80-60(51)82(46)29-42-49(39)50(40)42)89-30-65-20-12-22-81(65)27-37(67)26-65/h16-19,25,31,33,37-40,42,44,46-47,49-50,59,74,84H,8-15,20-24,26-30,73H2,1-7H3,(H,76,87)(H,78,85)/t33-,37+,38+,39?,40+,42+,44-,46?,47-,49?,50?,59+,65-/m0/s1. The number of piperidine rings is 1. The Morgan fingerprint density at radius 1 is 0.956 bits per heavy atom. The lowest BCUT2D eigenvalue weighted by molar-refractivity contribution is -0.144. The summed E-state index contributed by atoms with van der Waals surface area (Å²) in [5, 5.41) is 20.5. The molecule has 3 aromatic heterocycles. The van der Waals surface area contributed by atoms with E-state index in [1.165, 1.54) is 4.90 Å². The number of pyridine rings is 1. The number of aliphatic hydroxyl groups is 1. The van der Waals surface area contributed by atoms with Gasteiger partial charge in [0.15, 0.2) is 11.6 Å². The molecule has 0 bridgehead atoms. The first-order valence-corrected chi connectivity index (χ1v) is 32.8. The number of thiazole rings is 1. The molecular weight excluding hydrogens is 1190 g/mol. The number of unbranched alkanes of at least 4 members (excludes halogenated alkanes) is 1. The van der Waals surface area contributed by atoms with E-state index < -0.39 is 99.1 Å². The van der Waals surface area contributed by atoms with Crippen LogP contribution in [-0.4, -0.2) is 140 Å². The highest BCUT2D eigenvalue weighted by atomic mass is 32.1. The average molecular weight is 1270 g/mol. The van der Waals surface area contributed by atoms with Crippen LogP contribution in [0.15, 0.2) is 35.8 Å². The molecule has 24 heteroatoms. The predicted molar refractivity (Wildman–Crippen MR) is 329 cm³/mol. The van der Waals surface area contributed by atoms with Crippen LogP contribution in [0.3, 0.4) is 0 Å². The number of fused-ring (bicyclic) bond motifs is 5. The highest BCUT2D eigenvalue weighted by Gasteiger charge is 2.69. The lowest BCUT2D eigenvalue weighted by atomic mass is 9.79. The number of likely N-dealkylation sites (tertiary alicyclic amines) is 1. The van der Waals surface area contributed by atoms with Gasteiger partial charge in [0.05, 0.1) is 62.1 Å². The van der Waals surface area contributed by atoms with Crippen molar-refractivity contribution in [3.63, 3.8) is 0 Å². The van der Waals surface area contributed by atoms with E-state index in [0.29, 0.717) is 70.4 Å². The SMILES string of the molecule is CC[C@H](NCCCCC(=O)N[C@H](C(=O)N1C[C@H](O)C[C@H]1C(=O)N[C@@H](C)c1ccc(-c2scnc2C)cc1)C(C)(C)C)C(=O)[C@@H]1CC2C3C1[C@@H]3CN1c3nc(OC[C@@]45CCCN4C[C@H](F)C5)nc4c(F)c(-c5cc(N)c(F)c(C)c5C(F)(F)F)nc(c34)CCCC21. The van der Waals surface area contributed by atoms with Crippen LogP contribution in [-0.2, 0) is 31.8 Å². The van der Waals surface area contributed by atoms with Crippen LogP contribution in [0, 0.1) is 60.5 Å². The van der Waals surface area contributed by atoms with E-state index >= 15 is 8.78 Å². The molecule has 7 aliphatic rings. The lowest BCUT2D eigenvalue weighted by Crippen LogP contribution is -2.57. The summed E-state index contributed by atoms with van der Waals surface area (Å²) in [5.74, 6) is -2.76. The number of carbonyl (C=O) groups excluding carboxylic acids is 4. The Bertz CT molecular complexity index is 3600. The molecule has 3 amide bonds. The van der Waals surface area contributed by atoms with E-state index in [9.17, 15) is 41.8 Å². The van der Waals surface area contributed by atoms with Gasteiger partial charge in [-0.1, -0.05) is 52.0 Å². The van der Waals surface area contributed by atoms with Gasteiger partial charge in [-0.05, 0) is 143 Å². The molecule has 13 atom stereocenters. The number of aliphatic hydroxyl groups excluding tert-OH is 1. The van der Waals surface area contributed by atoms with E-state index in [2.05, 4.69) is 40.7 Å². The highest BCUT2D eigenvalue weighted by Crippen LogP contribution is 2.68. The van der Waals surface area contributed by atoms with Crippen molar-refractivity contribution in [1.29, 1.82) is 0 Å². The van der Waals surface area contributed by atoms with Crippen molar-refractivity contribution >= 4 is 57.2 Å². The Morgan fingerprint density at radius 2 is 1.72 bits per heavy atom. The minimum Gasteiger partial charge on any atom is -0.461 e. The van der Waals surface area contributed by atoms with Gasteiger partial charge in [0.1, 0.15) is 47.7 Å². The zero-order chi connectivity index (χ0) is 64.0. The molecule has 2 aromatic carbocycles. The van der Waals surface area contributed by atoms with Gasteiger partial charge in [0.25, 0.3) is 0 Å². The molecule has 4 saturated heterocycles. The Labute approximate surface area is 524 Å². The summed E-state index contributed by atoms with van der Waals surface area (Å²) < 4.78 is 98.5. The number of halogens is 6. The van der Waals surface area contributed by atoms with E-state index in [1.54, 1.807) is 16.8 Å². The maximum atomic E-state index is 17.5. The van der Waals surface area contributed by atoms with Crippen LogP contribution in [0.1, 0.15) is 139 Å². The summed E-state index contributed by atoms with van der Waals surface area (Å²) in [7, 11) is 0. The molecule has 8 heterocycles. The quantitative estimate of drug-likeness (QED) is 0.0295. The summed E-state index contributed by atoms with van der Waals surface area (Å²) >= 11 is 1.56. The third-order valence-electron chi connectivity index (χ3n) is 20.8. The van der Waals surface area contributed by atoms with Gasteiger partial charge in [-0.2, -0.15) is 23.1 Å². The van der Waals surface area contributed by atoms with Crippen molar-refractivity contribution in [1.82, 2.24) is 45.7 Å². The minimum atomic E-state index is -5.10. The maximum Gasteiger partial charge on any atom is 0.417 e. The maximum absolute atomic E-state index is 17.5. The number of aromatic nitrogens is 4. The number of Topliss-reactive ketones (excluding diaryl/α,β-unsaturated/α-hetero) is 1. The monoisotopic (exact) mass is 1270 g/mol. The first-order chi connectivity index (χ1) is 42.8. The number of amides is 3. The number of anilines is 2. The van der Waals surface area contributed by atoms with E-state index in [0.717, 1.165) is 41.1 Å².